The first-order valence-electron chi connectivity index (χ1n) is 4.42. The topological polar surface area (TPSA) is 26.0 Å². The largest absolute Gasteiger partial charge is 0.398 e. The molecule has 0 spiro atoms. The number of nitrogens with two attached hydrogens (primary N) is 1. The number of para-hydroxylation sites is 1. The van der Waals surface area contributed by atoms with E-state index < -0.39 is 0 Å². The van der Waals surface area contributed by atoms with Crippen molar-refractivity contribution in [3.8, 4) is 0 Å². The minimum Gasteiger partial charge on any atom is -0.398 e. The molecule has 1 aromatic rings. The Kier molecular flexibility index (Phi) is 3.26. The molecular formula is C11H17NS. The van der Waals surface area contributed by atoms with E-state index in [9.17, 15) is 0 Å². The third-order valence-electron chi connectivity index (χ3n) is 2.20. The lowest BCUT2D eigenvalue weighted by Crippen LogP contribution is -2.21. The highest BCUT2D eigenvalue weighted by atomic mass is 32.2. The Hall–Kier alpha value is -0.630. The fraction of sp³-hybridized carbons (Fsp3) is 0.455. The van der Waals surface area contributed by atoms with Gasteiger partial charge in [-0.1, -0.05) is 32.0 Å². The zero-order valence-electron chi connectivity index (χ0n) is 8.50. The quantitative estimate of drug-likeness (QED) is 0.750. The van der Waals surface area contributed by atoms with Crippen LogP contribution in [0.1, 0.15) is 19.4 Å². The molecule has 2 N–H and O–H groups in total. The minimum atomic E-state index is 0.171. The predicted molar refractivity (Wildman–Crippen MR) is 62.3 cm³/mol. The maximum Gasteiger partial charge on any atom is 0.0352 e. The monoisotopic (exact) mass is 195 g/mol. The van der Waals surface area contributed by atoms with Gasteiger partial charge in [-0.2, -0.15) is 11.8 Å². The standard InChI is InChI=1S/C11H17NS/c1-11(2,8-13-3)9-6-4-5-7-10(9)12/h4-7H,8,12H2,1-3H3. The zero-order chi connectivity index (χ0) is 9.90. The summed E-state index contributed by atoms with van der Waals surface area (Å²) in [6, 6.07) is 8.12. The number of anilines is 1. The Bertz CT molecular complexity index is 281. The van der Waals surface area contributed by atoms with E-state index in [4.69, 9.17) is 5.73 Å². The van der Waals surface area contributed by atoms with Gasteiger partial charge in [-0.25, -0.2) is 0 Å². The summed E-state index contributed by atoms with van der Waals surface area (Å²) in [5.74, 6) is 1.10. The Morgan fingerprint density at radius 1 is 1.31 bits per heavy atom. The van der Waals surface area contributed by atoms with Gasteiger partial charge in [-0.05, 0) is 17.9 Å². The lowest BCUT2D eigenvalue weighted by molar-refractivity contribution is 0.605. The first-order valence-corrected chi connectivity index (χ1v) is 5.81. The molecule has 1 rings (SSSR count). The molecule has 0 amide bonds. The molecule has 0 atom stereocenters. The second-order valence-corrected chi connectivity index (χ2v) is 4.77. The number of nitrogen functional groups attached to an aromatic ring is 1. The molecule has 0 aliphatic carbocycles. The Morgan fingerprint density at radius 3 is 2.46 bits per heavy atom. The summed E-state index contributed by atoms with van der Waals surface area (Å²) in [7, 11) is 0. The van der Waals surface area contributed by atoms with Crippen LogP contribution in [0.5, 0.6) is 0 Å². The van der Waals surface area contributed by atoms with Gasteiger partial charge in [-0.15, -0.1) is 0 Å². The third-order valence-corrected chi connectivity index (χ3v) is 3.21. The average molecular weight is 195 g/mol. The van der Waals surface area contributed by atoms with Crippen LogP contribution in [-0.4, -0.2) is 12.0 Å². The number of thioether (sulfide) groups is 1. The molecule has 0 bridgehead atoms. The van der Waals surface area contributed by atoms with Crippen LogP contribution in [0.4, 0.5) is 5.69 Å². The van der Waals surface area contributed by atoms with E-state index in [1.54, 1.807) is 0 Å². The molecule has 13 heavy (non-hydrogen) atoms. The van der Waals surface area contributed by atoms with Crippen LogP contribution in [0.3, 0.4) is 0 Å². The van der Waals surface area contributed by atoms with Crippen molar-refractivity contribution in [2.24, 2.45) is 0 Å². The van der Waals surface area contributed by atoms with E-state index in [0.29, 0.717) is 0 Å². The number of hydrogen-bond acceptors (Lipinski definition) is 2. The van der Waals surface area contributed by atoms with Gasteiger partial charge < -0.3 is 5.73 Å². The first-order chi connectivity index (χ1) is 6.08. The van der Waals surface area contributed by atoms with Crippen LogP contribution in [0.15, 0.2) is 24.3 Å². The summed E-state index contributed by atoms with van der Waals surface area (Å²) in [4.78, 5) is 0. The summed E-state index contributed by atoms with van der Waals surface area (Å²) < 4.78 is 0. The summed E-state index contributed by atoms with van der Waals surface area (Å²) in [5.41, 5.74) is 8.26. The highest BCUT2D eigenvalue weighted by molar-refractivity contribution is 7.98. The van der Waals surface area contributed by atoms with Gasteiger partial charge in [0.25, 0.3) is 0 Å². The van der Waals surface area contributed by atoms with Gasteiger partial charge in [0, 0.05) is 16.9 Å². The van der Waals surface area contributed by atoms with E-state index in [2.05, 4.69) is 26.2 Å². The fourth-order valence-corrected chi connectivity index (χ4v) is 2.43. The minimum absolute atomic E-state index is 0.171. The summed E-state index contributed by atoms with van der Waals surface area (Å²) in [5, 5.41) is 0. The molecule has 1 aromatic carbocycles. The summed E-state index contributed by atoms with van der Waals surface area (Å²) >= 11 is 1.86. The Morgan fingerprint density at radius 2 is 1.92 bits per heavy atom. The third kappa shape index (κ3) is 2.41. The Labute approximate surface area is 84.7 Å². The maximum absolute atomic E-state index is 5.93. The van der Waals surface area contributed by atoms with Gasteiger partial charge in [0.1, 0.15) is 0 Å². The smallest absolute Gasteiger partial charge is 0.0352 e. The van der Waals surface area contributed by atoms with E-state index >= 15 is 0 Å². The SMILES string of the molecule is CSCC(C)(C)c1ccccc1N. The van der Waals surface area contributed by atoms with Crippen LogP contribution in [-0.2, 0) is 5.41 Å². The van der Waals surface area contributed by atoms with E-state index in [-0.39, 0.29) is 5.41 Å². The van der Waals surface area contributed by atoms with Crippen molar-refractivity contribution >= 4 is 17.4 Å². The molecule has 0 aliphatic rings. The zero-order valence-corrected chi connectivity index (χ0v) is 9.32. The van der Waals surface area contributed by atoms with Crippen LogP contribution in [0.25, 0.3) is 0 Å². The lowest BCUT2D eigenvalue weighted by atomic mass is 9.86. The van der Waals surface area contributed by atoms with Crippen molar-refractivity contribution in [1.82, 2.24) is 0 Å². The molecule has 2 heteroatoms. The highest BCUT2D eigenvalue weighted by Gasteiger charge is 2.21. The van der Waals surface area contributed by atoms with Crippen molar-refractivity contribution in [2.45, 2.75) is 19.3 Å². The molecule has 1 nitrogen and oxygen atoms in total. The molecule has 0 fully saturated rings. The summed E-state index contributed by atoms with van der Waals surface area (Å²) in [6.45, 7) is 4.46. The maximum atomic E-state index is 5.93. The van der Waals surface area contributed by atoms with E-state index in [1.165, 1.54) is 5.56 Å². The molecule has 0 saturated carbocycles. The fourth-order valence-electron chi connectivity index (χ4n) is 1.55. The van der Waals surface area contributed by atoms with E-state index in [0.717, 1.165) is 11.4 Å². The van der Waals surface area contributed by atoms with Gasteiger partial charge in [-0.3, -0.25) is 0 Å². The number of hydrogen-bond donors (Lipinski definition) is 1. The lowest BCUT2D eigenvalue weighted by Gasteiger charge is -2.25. The molecule has 0 unspecified atom stereocenters. The van der Waals surface area contributed by atoms with Crippen molar-refractivity contribution in [1.29, 1.82) is 0 Å². The van der Waals surface area contributed by atoms with Crippen LogP contribution >= 0.6 is 11.8 Å². The van der Waals surface area contributed by atoms with Crippen molar-refractivity contribution in [2.75, 3.05) is 17.7 Å². The van der Waals surface area contributed by atoms with Gasteiger partial charge in [0.2, 0.25) is 0 Å². The van der Waals surface area contributed by atoms with E-state index in [1.807, 2.05) is 30.0 Å². The highest BCUT2D eigenvalue weighted by Crippen LogP contribution is 2.30. The number of rotatable bonds is 3. The van der Waals surface area contributed by atoms with Crippen molar-refractivity contribution < 1.29 is 0 Å². The second kappa shape index (κ2) is 4.05. The van der Waals surface area contributed by atoms with Crippen LogP contribution < -0.4 is 5.73 Å². The molecule has 0 saturated heterocycles. The van der Waals surface area contributed by atoms with Crippen LogP contribution in [0.2, 0.25) is 0 Å². The van der Waals surface area contributed by atoms with Crippen LogP contribution in [0, 0.1) is 0 Å². The average Bonchev–Trinajstić information content (AvgIpc) is 2.04. The second-order valence-electron chi connectivity index (χ2n) is 3.90. The molecular weight excluding hydrogens is 178 g/mol. The molecule has 0 aromatic heterocycles. The molecule has 72 valence electrons. The normalized spacial score (nSPS) is 11.6. The predicted octanol–water partition coefficient (Wildman–Crippen LogP) is 2.91. The van der Waals surface area contributed by atoms with Crippen molar-refractivity contribution in [3.05, 3.63) is 29.8 Å². The molecule has 0 heterocycles. The summed E-state index contributed by atoms with van der Waals surface area (Å²) in [6.07, 6.45) is 2.13. The van der Waals surface area contributed by atoms with Crippen molar-refractivity contribution in [3.63, 3.8) is 0 Å². The first kappa shape index (κ1) is 10.5. The molecule has 0 radical (unpaired) electrons. The van der Waals surface area contributed by atoms with Gasteiger partial charge >= 0.3 is 0 Å². The Balaban J connectivity index is 2.99. The number of benzene rings is 1. The van der Waals surface area contributed by atoms with Gasteiger partial charge in [0.05, 0.1) is 0 Å². The molecule has 0 aliphatic heterocycles. The van der Waals surface area contributed by atoms with Gasteiger partial charge in [0.15, 0.2) is 0 Å².